The molecule has 0 fully saturated rings. The molecule has 0 aliphatic carbocycles. The number of carbonyl (C=O) groups is 1. The average Bonchev–Trinajstić information content (AvgIpc) is 1.63. The Morgan fingerprint density at radius 2 is 2.22 bits per heavy atom. The molecule has 0 aromatic rings. The van der Waals surface area contributed by atoms with Crippen molar-refractivity contribution in [3.63, 3.8) is 0 Å². The summed E-state index contributed by atoms with van der Waals surface area (Å²) in [6.45, 7) is 3.47. The lowest BCUT2D eigenvalue weighted by Gasteiger charge is -2.21. The van der Waals surface area contributed by atoms with Gasteiger partial charge >= 0.3 is 0 Å². The third kappa shape index (κ3) is 4.65. The van der Waals surface area contributed by atoms with Gasteiger partial charge < -0.3 is 10.4 Å². The Balaban J connectivity index is 3.71. The Bertz CT molecular complexity index is 114. The van der Waals surface area contributed by atoms with Gasteiger partial charge in [0.05, 0.1) is 12.1 Å². The maximum absolute atomic E-state index is 10.4. The van der Waals surface area contributed by atoms with E-state index in [4.69, 9.17) is 5.11 Å². The van der Waals surface area contributed by atoms with Crippen LogP contribution in [0.15, 0.2) is 0 Å². The van der Waals surface area contributed by atoms with Crippen LogP contribution in [0.5, 0.6) is 0 Å². The third-order valence-electron chi connectivity index (χ3n) is 0.832. The first-order valence-electron chi connectivity index (χ1n) is 2.56. The van der Waals surface area contributed by atoms with Gasteiger partial charge in [-0.05, 0) is 13.8 Å². The molecule has 4 heteroatoms. The maximum atomic E-state index is 10.4. The van der Waals surface area contributed by atoms with Gasteiger partial charge in [-0.2, -0.15) is 0 Å². The number of amides is 1. The minimum Gasteiger partial charge on any atom is -0.394 e. The van der Waals surface area contributed by atoms with Gasteiger partial charge in [0.1, 0.15) is 0 Å². The fourth-order valence-electron chi connectivity index (χ4n) is 0.306. The molecule has 0 spiro atoms. The van der Waals surface area contributed by atoms with Gasteiger partial charge in [-0.3, -0.25) is 4.79 Å². The second kappa shape index (κ2) is 3.36. The van der Waals surface area contributed by atoms with Gasteiger partial charge in [-0.1, -0.05) is 0 Å². The van der Waals surface area contributed by atoms with Crippen LogP contribution in [0.3, 0.4) is 0 Å². The fourth-order valence-corrected chi connectivity index (χ4v) is 1.04. The molecule has 0 radical (unpaired) electrons. The molecule has 0 aromatic heterocycles. The zero-order valence-electron chi connectivity index (χ0n) is 5.44. The van der Waals surface area contributed by atoms with E-state index in [1.165, 1.54) is 0 Å². The number of hydrogen-bond donors (Lipinski definition) is 2. The summed E-state index contributed by atoms with van der Waals surface area (Å²) in [6, 6.07) is 0. The van der Waals surface area contributed by atoms with E-state index in [1.807, 2.05) is 0 Å². The topological polar surface area (TPSA) is 49.3 Å². The lowest BCUT2D eigenvalue weighted by atomic mass is 10.1. The summed E-state index contributed by atoms with van der Waals surface area (Å²) in [7, 11) is 0. The van der Waals surface area contributed by atoms with Crippen molar-refractivity contribution in [2.75, 3.05) is 6.61 Å². The zero-order chi connectivity index (χ0) is 7.49. The van der Waals surface area contributed by atoms with Crippen LogP contribution in [0.2, 0.25) is 0 Å². The number of hydrogen-bond acceptors (Lipinski definition) is 2. The van der Waals surface area contributed by atoms with Crippen LogP contribution in [-0.4, -0.2) is 21.2 Å². The third-order valence-corrected chi connectivity index (χ3v) is 1.10. The molecule has 1 amide bonds. The van der Waals surface area contributed by atoms with Gasteiger partial charge in [0.2, 0.25) is 0 Å². The Labute approximate surface area is 68.0 Å². The number of rotatable bonds is 2. The summed E-state index contributed by atoms with van der Waals surface area (Å²) in [6.07, 6.45) is 0. The van der Waals surface area contributed by atoms with Crippen molar-refractivity contribution < 1.29 is 9.90 Å². The lowest BCUT2D eigenvalue weighted by Crippen LogP contribution is -2.43. The van der Waals surface area contributed by atoms with E-state index in [0.717, 1.165) is 0 Å². The molecule has 54 valence electrons. The van der Waals surface area contributed by atoms with Crippen molar-refractivity contribution in [3.05, 3.63) is 0 Å². The Kier molecular flexibility index (Phi) is 3.42. The van der Waals surface area contributed by atoms with Crippen molar-refractivity contribution in [1.29, 1.82) is 0 Å². The van der Waals surface area contributed by atoms with Crippen molar-refractivity contribution in [1.82, 2.24) is 5.32 Å². The van der Waals surface area contributed by atoms with Gasteiger partial charge in [-0.25, -0.2) is 0 Å². The normalized spacial score (nSPS) is 11.1. The molecule has 2 N–H and O–H groups in total. The number of carbonyl (C=O) groups excluding carboxylic acids is 1. The summed E-state index contributed by atoms with van der Waals surface area (Å²) in [5.74, 6) is 0. The van der Waals surface area contributed by atoms with Crippen LogP contribution < -0.4 is 5.32 Å². The highest BCUT2D eigenvalue weighted by Gasteiger charge is 2.16. The molecule has 0 saturated heterocycles. The first kappa shape index (κ1) is 9.16. The molecule has 3 nitrogen and oxygen atoms in total. The predicted molar refractivity (Wildman–Crippen MR) is 43.7 cm³/mol. The molecule has 0 bridgehead atoms. The fraction of sp³-hybridized carbons (Fsp3) is 0.800. The molecular weight excluding hydrogens is 233 g/mol. The van der Waals surface area contributed by atoms with Crippen LogP contribution >= 0.6 is 22.6 Å². The highest BCUT2D eigenvalue weighted by atomic mass is 127. The van der Waals surface area contributed by atoms with E-state index in [-0.39, 0.29) is 10.5 Å². The molecule has 0 aliphatic heterocycles. The van der Waals surface area contributed by atoms with Crippen LogP contribution in [0.4, 0.5) is 4.79 Å². The van der Waals surface area contributed by atoms with Gasteiger partial charge in [0.25, 0.3) is 3.91 Å². The SMILES string of the molecule is CC(C)(CO)NC(=O)I. The van der Waals surface area contributed by atoms with Gasteiger partial charge in [-0.15, -0.1) is 0 Å². The van der Waals surface area contributed by atoms with Crippen LogP contribution in [-0.2, 0) is 0 Å². The van der Waals surface area contributed by atoms with E-state index >= 15 is 0 Å². The second-order valence-corrected chi connectivity index (χ2v) is 3.42. The minimum atomic E-state index is -0.488. The quantitative estimate of drug-likeness (QED) is 0.430. The Hall–Kier alpha value is 0.160. The number of aliphatic hydroxyl groups is 1. The molecule has 0 aromatic carbocycles. The summed E-state index contributed by atoms with van der Waals surface area (Å²) in [4.78, 5) is 10.4. The molecule has 0 rings (SSSR count). The smallest absolute Gasteiger partial charge is 0.281 e. The zero-order valence-corrected chi connectivity index (χ0v) is 7.60. The number of halogens is 1. The van der Waals surface area contributed by atoms with Gasteiger partial charge in [0.15, 0.2) is 0 Å². The van der Waals surface area contributed by atoms with Gasteiger partial charge in [0, 0.05) is 22.6 Å². The largest absolute Gasteiger partial charge is 0.394 e. The Morgan fingerprint density at radius 3 is 2.33 bits per heavy atom. The second-order valence-electron chi connectivity index (χ2n) is 2.44. The molecule has 0 aliphatic rings. The molecule has 0 atom stereocenters. The van der Waals surface area contributed by atoms with Crippen molar-refractivity contribution in [2.45, 2.75) is 19.4 Å². The first-order valence-corrected chi connectivity index (χ1v) is 3.64. The molecule has 0 heterocycles. The van der Waals surface area contributed by atoms with Crippen molar-refractivity contribution in [3.8, 4) is 0 Å². The average molecular weight is 243 g/mol. The van der Waals surface area contributed by atoms with E-state index in [2.05, 4.69) is 5.32 Å². The minimum absolute atomic E-state index is 0.0399. The van der Waals surface area contributed by atoms with Crippen LogP contribution in [0, 0.1) is 0 Å². The molecule has 0 saturated carbocycles. The highest BCUT2D eigenvalue weighted by Crippen LogP contribution is 2.01. The summed E-state index contributed by atoms with van der Waals surface area (Å²) in [5, 5.41) is 11.2. The standard InChI is InChI=1S/C5H10INO2/c1-5(2,3-8)7-4(6)9/h8H,3H2,1-2H3,(H,7,9). The van der Waals surface area contributed by atoms with E-state index < -0.39 is 5.54 Å². The van der Waals surface area contributed by atoms with E-state index in [0.29, 0.717) is 0 Å². The van der Waals surface area contributed by atoms with E-state index in [1.54, 1.807) is 36.4 Å². The van der Waals surface area contributed by atoms with Crippen LogP contribution in [0.1, 0.15) is 13.8 Å². The van der Waals surface area contributed by atoms with E-state index in [9.17, 15) is 4.79 Å². The predicted octanol–water partition coefficient (Wildman–Crippen LogP) is 0.902. The maximum Gasteiger partial charge on any atom is 0.281 e. The number of aliphatic hydroxyl groups excluding tert-OH is 1. The molecular formula is C5H10INO2. The summed E-state index contributed by atoms with van der Waals surface area (Å²) < 4.78 is -0.147. The summed E-state index contributed by atoms with van der Waals surface area (Å²) in [5.41, 5.74) is -0.488. The molecule has 0 unspecified atom stereocenters. The first-order chi connectivity index (χ1) is 3.98. The lowest BCUT2D eigenvalue weighted by molar-refractivity contribution is 0.192. The summed E-state index contributed by atoms with van der Waals surface area (Å²) >= 11 is 1.63. The number of nitrogens with one attached hydrogen (secondary N) is 1. The van der Waals surface area contributed by atoms with Crippen molar-refractivity contribution in [2.24, 2.45) is 0 Å². The molecule has 9 heavy (non-hydrogen) atoms. The van der Waals surface area contributed by atoms with Crippen LogP contribution in [0.25, 0.3) is 0 Å². The Morgan fingerprint density at radius 1 is 1.78 bits per heavy atom. The van der Waals surface area contributed by atoms with Crippen molar-refractivity contribution >= 4 is 26.5 Å². The highest BCUT2D eigenvalue weighted by molar-refractivity contribution is 14.1. The monoisotopic (exact) mass is 243 g/mol.